The molecule has 1 aliphatic heterocycles. The van der Waals surface area contributed by atoms with E-state index in [2.05, 4.69) is 14.6 Å². The van der Waals surface area contributed by atoms with E-state index in [1.165, 1.54) is 11.3 Å². The molecule has 7 nitrogen and oxygen atoms in total. The summed E-state index contributed by atoms with van der Waals surface area (Å²) in [6.07, 6.45) is 0.425. The fourth-order valence-electron chi connectivity index (χ4n) is 4.19. The molecule has 1 saturated heterocycles. The molecule has 4 rings (SSSR count). The van der Waals surface area contributed by atoms with E-state index in [0.717, 1.165) is 20.9 Å². The normalized spacial score (nSPS) is 15.8. The van der Waals surface area contributed by atoms with Gasteiger partial charge in [-0.25, -0.2) is 13.4 Å². The van der Waals surface area contributed by atoms with E-state index < -0.39 is 16.1 Å². The number of amides is 1. The smallest absolute Gasteiger partial charge is 0.241 e. The number of thiazole rings is 1. The van der Waals surface area contributed by atoms with Crippen LogP contribution in [0.1, 0.15) is 25.3 Å². The van der Waals surface area contributed by atoms with Crippen LogP contribution in [0.2, 0.25) is 5.02 Å². The fourth-order valence-corrected chi connectivity index (χ4v) is 6.55. The van der Waals surface area contributed by atoms with Crippen LogP contribution in [0.5, 0.6) is 0 Å². The summed E-state index contributed by atoms with van der Waals surface area (Å²) in [4.78, 5) is 21.9. The summed E-state index contributed by atoms with van der Waals surface area (Å²) in [5, 5.41) is 1.55. The summed E-state index contributed by atoms with van der Waals surface area (Å²) in [6.45, 7) is 8.22. The number of halogens is 1. The van der Waals surface area contributed by atoms with Crippen molar-refractivity contribution in [1.82, 2.24) is 14.6 Å². The molecule has 0 unspecified atom stereocenters. The first-order valence-electron chi connectivity index (χ1n) is 11.3. The van der Waals surface area contributed by atoms with Gasteiger partial charge in [-0.1, -0.05) is 31.5 Å². The van der Waals surface area contributed by atoms with Crippen LogP contribution in [0.3, 0.4) is 0 Å². The number of hydrogen-bond donors (Lipinski definition) is 1. The molecule has 3 aromatic rings. The quantitative estimate of drug-likeness (QED) is 0.502. The number of aromatic nitrogens is 1. The Morgan fingerprint density at radius 1 is 1.15 bits per heavy atom. The van der Waals surface area contributed by atoms with Crippen LogP contribution in [0.15, 0.2) is 47.4 Å². The third-order valence-electron chi connectivity index (χ3n) is 5.84. The van der Waals surface area contributed by atoms with Crippen molar-refractivity contribution in [3.63, 3.8) is 0 Å². The van der Waals surface area contributed by atoms with Gasteiger partial charge in [0.1, 0.15) is 6.04 Å². The summed E-state index contributed by atoms with van der Waals surface area (Å²) in [5.41, 5.74) is 1.79. The number of carbonyl (C=O) groups excluding carboxylic acids is 1. The zero-order valence-corrected chi connectivity index (χ0v) is 21.9. The zero-order valence-electron chi connectivity index (χ0n) is 19.5. The molecule has 0 radical (unpaired) electrons. The van der Waals surface area contributed by atoms with Crippen molar-refractivity contribution in [3.05, 3.63) is 52.5 Å². The number of anilines is 1. The second kappa shape index (κ2) is 10.2. The highest BCUT2D eigenvalue weighted by molar-refractivity contribution is 7.89. The number of fused-ring (bicyclic) bond motifs is 1. The Labute approximate surface area is 209 Å². The van der Waals surface area contributed by atoms with Gasteiger partial charge in [-0.3, -0.25) is 4.79 Å². The monoisotopic (exact) mass is 520 g/mol. The number of sulfonamides is 1. The van der Waals surface area contributed by atoms with Crippen LogP contribution in [0.4, 0.5) is 5.69 Å². The number of rotatable bonds is 7. The Morgan fingerprint density at radius 2 is 1.88 bits per heavy atom. The lowest BCUT2D eigenvalue weighted by atomic mass is 10.0. The molecule has 0 saturated carbocycles. The van der Waals surface area contributed by atoms with Gasteiger partial charge >= 0.3 is 0 Å². The van der Waals surface area contributed by atoms with Crippen LogP contribution in [-0.2, 0) is 14.8 Å². The molecule has 1 aromatic heterocycles. The number of carbonyl (C=O) groups is 1. The van der Waals surface area contributed by atoms with E-state index in [-0.39, 0.29) is 16.7 Å². The molecule has 2 heterocycles. The second-order valence-electron chi connectivity index (χ2n) is 8.96. The van der Waals surface area contributed by atoms with E-state index in [0.29, 0.717) is 37.6 Å². The molecule has 34 heavy (non-hydrogen) atoms. The van der Waals surface area contributed by atoms with Crippen molar-refractivity contribution in [1.29, 1.82) is 0 Å². The lowest BCUT2D eigenvalue weighted by Crippen LogP contribution is -2.55. The summed E-state index contributed by atoms with van der Waals surface area (Å²) < 4.78 is 29.9. The molecule has 182 valence electrons. The predicted molar refractivity (Wildman–Crippen MR) is 138 cm³/mol. The number of hydrogen-bond acceptors (Lipinski definition) is 6. The standard InChI is InChI=1S/C24H29ClN4O3S2/c1-16(2)13-22(27-34(31,32)20-7-8-21-23(15-20)33-17(3)26-21)24(30)29-11-9-28(10-12-29)19-6-4-5-18(25)14-19/h4-8,14-16,22,27H,9-13H2,1-3H3/t22-/m1/s1. The minimum Gasteiger partial charge on any atom is -0.368 e. The lowest BCUT2D eigenvalue weighted by Gasteiger charge is -2.38. The van der Waals surface area contributed by atoms with Crippen molar-refractivity contribution in [2.24, 2.45) is 5.92 Å². The first-order valence-corrected chi connectivity index (χ1v) is 14.0. The molecule has 0 aliphatic carbocycles. The largest absolute Gasteiger partial charge is 0.368 e. The van der Waals surface area contributed by atoms with E-state index in [9.17, 15) is 13.2 Å². The number of piperazine rings is 1. The zero-order chi connectivity index (χ0) is 24.5. The molecule has 1 fully saturated rings. The van der Waals surface area contributed by atoms with E-state index in [1.807, 2.05) is 45.0 Å². The molecule has 1 N–H and O–H groups in total. The summed E-state index contributed by atoms with van der Waals surface area (Å²) in [5.74, 6) is -0.0336. The maximum atomic E-state index is 13.4. The highest BCUT2D eigenvalue weighted by Gasteiger charge is 2.32. The first-order chi connectivity index (χ1) is 16.1. The topological polar surface area (TPSA) is 82.6 Å². The number of nitrogens with one attached hydrogen (secondary N) is 1. The minimum atomic E-state index is -3.87. The highest BCUT2D eigenvalue weighted by Crippen LogP contribution is 2.25. The molecular weight excluding hydrogens is 492 g/mol. The van der Waals surface area contributed by atoms with Gasteiger partial charge in [0.15, 0.2) is 0 Å². The van der Waals surface area contributed by atoms with Gasteiger partial charge in [0.05, 0.1) is 20.1 Å². The van der Waals surface area contributed by atoms with Gasteiger partial charge < -0.3 is 9.80 Å². The molecule has 1 amide bonds. The molecular formula is C24H29ClN4O3S2. The Balaban J connectivity index is 1.48. The van der Waals surface area contributed by atoms with Crippen molar-refractivity contribution >= 4 is 54.8 Å². The third-order valence-corrected chi connectivity index (χ3v) is 8.48. The molecule has 1 atom stereocenters. The SMILES string of the molecule is Cc1nc2ccc(S(=O)(=O)N[C@H](CC(C)C)C(=O)N3CCN(c4cccc(Cl)c4)CC3)cc2s1. The molecule has 0 bridgehead atoms. The molecule has 1 aliphatic rings. The first kappa shape index (κ1) is 24.9. The van der Waals surface area contributed by atoms with Gasteiger partial charge in [0.2, 0.25) is 15.9 Å². The van der Waals surface area contributed by atoms with Gasteiger partial charge in [0, 0.05) is 36.9 Å². The lowest BCUT2D eigenvalue weighted by molar-refractivity contribution is -0.133. The van der Waals surface area contributed by atoms with Crippen molar-refractivity contribution in [2.45, 2.75) is 38.1 Å². The molecule has 0 spiro atoms. The summed E-state index contributed by atoms with van der Waals surface area (Å²) in [7, 11) is -3.87. The van der Waals surface area contributed by atoms with Gasteiger partial charge in [-0.2, -0.15) is 4.72 Å². The van der Waals surface area contributed by atoms with Crippen molar-refractivity contribution in [2.75, 3.05) is 31.1 Å². The van der Waals surface area contributed by atoms with E-state index >= 15 is 0 Å². The number of aryl methyl sites for hydroxylation is 1. The Bertz CT molecular complexity index is 1280. The maximum absolute atomic E-state index is 13.4. The second-order valence-corrected chi connectivity index (χ2v) is 12.3. The summed E-state index contributed by atoms with van der Waals surface area (Å²) in [6, 6.07) is 11.7. The Morgan fingerprint density at radius 3 is 2.56 bits per heavy atom. The Kier molecular flexibility index (Phi) is 7.47. The average Bonchev–Trinajstić information content (AvgIpc) is 3.17. The number of benzene rings is 2. The van der Waals surface area contributed by atoms with E-state index in [1.54, 1.807) is 23.1 Å². The highest BCUT2D eigenvalue weighted by atomic mass is 35.5. The predicted octanol–water partition coefficient (Wildman–Crippen LogP) is 4.30. The fraction of sp³-hybridized carbons (Fsp3) is 0.417. The van der Waals surface area contributed by atoms with Crippen molar-refractivity contribution in [3.8, 4) is 0 Å². The average molecular weight is 521 g/mol. The molecule has 10 heteroatoms. The van der Waals surface area contributed by atoms with E-state index in [4.69, 9.17) is 11.6 Å². The van der Waals surface area contributed by atoms with Crippen LogP contribution in [0, 0.1) is 12.8 Å². The maximum Gasteiger partial charge on any atom is 0.241 e. The van der Waals surface area contributed by atoms with Crippen LogP contribution in [-0.4, -0.2) is 56.4 Å². The number of nitrogens with zero attached hydrogens (tertiary/aromatic N) is 3. The minimum absolute atomic E-state index is 0.149. The van der Waals surface area contributed by atoms with Gasteiger partial charge in [0.25, 0.3) is 0 Å². The van der Waals surface area contributed by atoms with Crippen LogP contribution < -0.4 is 9.62 Å². The third kappa shape index (κ3) is 5.71. The van der Waals surface area contributed by atoms with Crippen LogP contribution in [0.25, 0.3) is 10.2 Å². The van der Waals surface area contributed by atoms with Crippen molar-refractivity contribution < 1.29 is 13.2 Å². The summed E-state index contributed by atoms with van der Waals surface area (Å²) >= 11 is 7.57. The van der Waals surface area contributed by atoms with Gasteiger partial charge in [-0.15, -0.1) is 11.3 Å². The Hall–Kier alpha value is -2.20. The van der Waals surface area contributed by atoms with Crippen LogP contribution >= 0.6 is 22.9 Å². The van der Waals surface area contributed by atoms with Gasteiger partial charge in [-0.05, 0) is 55.7 Å². The molecule has 2 aromatic carbocycles.